The normalized spacial score (nSPS) is 9.44. The van der Waals surface area contributed by atoms with E-state index in [1.54, 1.807) is 6.92 Å². The van der Waals surface area contributed by atoms with E-state index >= 15 is 0 Å². The molecule has 5 nitrogen and oxygen atoms in total. The monoisotopic (exact) mass is 559 g/mol. The minimum absolute atomic E-state index is 0.111. The van der Waals surface area contributed by atoms with Gasteiger partial charge in [0, 0.05) is 13.2 Å². The SMILES string of the molecule is Cc1cc([N+](=O)[O-])c(C#N)c(I)c1C.Cc1ccc(C#N)c(I)c1C. The second-order valence-corrected chi connectivity index (χ2v) is 7.53. The number of nitro groups is 1. The number of halogens is 2. The third-order valence-corrected chi connectivity index (χ3v) is 6.57. The lowest BCUT2D eigenvalue weighted by Gasteiger charge is -2.05. The molecule has 7 heteroatoms. The quantitative estimate of drug-likeness (QED) is 0.264. The number of nitriles is 2. The van der Waals surface area contributed by atoms with Crippen molar-refractivity contribution in [3.8, 4) is 12.1 Å². The molecule has 0 aromatic heterocycles. The van der Waals surface area contributed by atoms with Crippen LogP contribution in [0.15, 0.2) is 18.2 Å². The van der Waals surface area contributed by atoms with Gasteiger partial charge in [0.2, 0.25) is 0 Å². The molecule has 0 atom stereocenters. The van der Waals surface area contributed by atoms with Crippen molar-refractivity contribution in [2.24, 2.45) is 0 Å². The molecule has 0 aliphatic carbocycles. The van der Waals surface area contributed by atoms with Crippen LogP contribution in [0.2, 0.25) is 0 Å². The van der Waals surface area contributed by atoms with Gasteiger partial charge in [0.15, 0.2) is 0 Å². The fraction of sp³-hybridized carbons (Fsp3) is 0.222. The van der Waals surface area contributed by atoms with Crippen LogP contribution in [-0.2, 0) is 0 Å². The third kappa shape index (κ3) is 4.89. The summed E-state index contributed by atoms with van der Waals surface area (Å²) in [7, 11) is 0. The molecule has 128 valence electrons. The molecule has 0 fully saturated rings. The van der Waals surface area contributed by atoms with Gasteiger partial charge in [-0.3, -0.25) is 10.1 Å². The van der Waals surface area contributed by atoms with Crippen LogP contribution in [0.4, 0.5) is 5.69 Å². The Morgan fingerprint density at radius 2 is 1.52 bits per heavy atom. The number of aryl methyl sites for hydroxylation is 2. The lowest BCUT2D eigenvalue weighted by molar-refractivity contribution is -0.385. The fourth-order valence-corrected chi connectivity index (χ4v) is 3.52. The standard InChI is InChI=1S/C9H7IN2O2.C9H8IN/c1-5-3-8(12(13)14)7(4-11)9(10)6(5)2;1-6-3-4-8(5-11)9(10)7(6)2/h3H,1-2H3;3-4H,1-2H3. The first kappa shape index (κ1) is 21.3. The summed E-state index contributed by atoms with van der Waals surface area (Å²) < 4.78 is 1.74. The molecule has 0 N–H and O–H groups in total. The lowest BCUT2D eigenvalue weighted by atomic mass is 10.1. The van der Waals surface area contributed by atoms with Gasteiger partial charge in [0.1, 0.15) is 17.7 Å². The molecule has 2 aromatic carbocycles. The van der Waals surface area contributed by atoms with Crippen LogP contribution < -0.4 is 0 Å². The Morgan fingerprint density at radius 3 is 2.00 bits per heavy atom. The van der Waals surface area contributed by atoms with E-state index in [1.165, 1.54) is 17.2 Å². The summed E-state index contributed by atoms with van der Waals surface area (Å²) in [5.41, 5.74) is 5.03. The van der Waals surface area contributed by atoms with Gasteiger partial charge < -0.3 is 0 Å². The molecule has 0 unspecified atom stereocenters. The molecule has 0 radical (unpaired) electrons. The number of hydrogen-bond acceptors (Lipinski definition) is 4. The number of rotatable bonds is 1. The van der Waals surface area contributed by atoms with Gasteiger partial charge in [-0.15, -0.1) is 0 Å². The number of hydrogen-bond donors (Lipinski definition) is 0. The second-order valence-electron chi connectivity index (χ2n) is 5.38. The Hall–Kier alpha value is -1.72. The molecule has 0 amide bonds. The molecule has 2 aromatic rings. The Morgan fingerprint density at radius 1 is 0.960 bits per heavy atom. The first-order valence-electron chi connectivity index (χ1n) is 7.15. The minimum atomic E-state index is -0.521. The zero-order chi connectivity index (χ0) is 19.3. The van der Waals surface area contributed by atoms with Crippen molar-refractivity contribution in [3.05, 3.63) is 68.8 Å². The summed E-state index contributed by atoms with van der Waals surface area (Å²) in [6.07, 6.45) is 0. The van der Waals surface area contributed by atoms with Crippen LogP contribution in [0.25, 0.3) is 0 Å². The molecule has 0 aliphatic heterocycles. The highest BCUT2D eigenvalue weighted by Crippen LogP contribution is 2.28. The summed E-state index contributed by atoms with van der Waals surface area (Å²) in [5.74, 6) is 0. The average molecular weight is 559 g/mol. The lowest BCUT2D eigenvalue weighted by Crippen LogP contribution is -1.98. The number of nitro benzene ring substituents is 1. The molecule has 0 saturated carbocycles. The maximum Gasteiger partial charge on any atom is 0.288 e. The first-order chi connectivity index (χ1) is 11.6. The summed E-state index contributed by atoms with van der Waals surface area (Å²) >= 11 is 4.17. The molecule has 2 rings (SSSR count). The van der Waals surface area contributed by atoms with Gasteiger partial charge >= 0.3 is 0 Å². The average Bonchev–Trinajstić information content (AvgIpc) is 2.58. The Kier molecular flexibility index (Phi) is 7.77. The van der Waals surface area contributed by atoms with Crippen LogP contribution in [0.3, 0.4) is 0 Å². The van der Waals surface area contributed by atoms with Crippen LogP contribution in [-0.4, -0.2) is 4.92 Å². The van der Waals surface area contributed by atoms with Crippen molar-refractivity contribution in [2.75, 3.05) is 0 Å². The van der Waals surface area contributed by atoms with Crippen LogP contribution in [0.1, 0.15) is 33.4 Å². The van der Waals surface area contributed by atoms with E-state index in [0.29, 0.717) is 3.57 Å². The number of nitrogens with zero attached hydrogens (tertiary/aromatic N) is 3. The highest BCUT2D eigenvalue weighted by Gasteiger charge is 2.19. The highest BCUT2D eigenvalue weighted by atomic mass is 127. The third-order valence-electron chi connectivity index (χ3n) is 3.84. The summed E-state index contributed by atoms with van der Waals surface area (Å²) in [5, 5.41) is 28.1. The Labute approximate surface area is 174 Å². The van der Waals surface area contributed by atoms with E-state index < -0.39 is 4.92 Å². The van der Waals surface area contributed by atoms with Gasteiger partial charge in [-0.25, -0.2) is 0 Å². The molecule has 0 aliphatic rings. The van der Waals surface area contributed by atoms with Crippen molar-refractivity contribution < 1.29 is 4.92 Å². The van der Waals surface area contributed by atoms with E-state index in [2.05, 4.69) is 35.6 Å². The van der Waals surface area contributed by atoms with E-state index in [1.807, 2.05) is 54.6 Å². The van der Waals surface area contributed by atoms with Gasteiger partial charge in [-0.2, -0.15) is 10.5 Å². The topological polar surface area (TPSA) is 90.7 Å². The Balaban J connectivity index is 0.000000257. The predicted molar refractivity (Wildman–Crippen MR) is 113 cm³/mol. The van der Waals surface area contributed by atoms with Crippen LogP contribution >= 0.6 is 45.2 Å². The van der Waals surface area contributed by atoms with Crippen LogP contribution in [0, 0.1) is 67.6 Å². The van der Waals surface area contributed by atoms with Crippen molar-refractivity contribution in [3.63, 3.8) is 0 Å². The van der Waals surface area contributed by atoms with Gasteiger partial charge in [-0.1, -0.05) is 6.07 Å². The van der Waals surface area contributed by atoms with Crippen molar-refractivity contribution >= 4 is 50.9 Å². The maximum atomic E-state index is 10.6. The minimum Gasteiger partial charge on any atom is -0.258 e. The Bertz CT molecular complexity index is 926. The molecule has 0 saturated heterocycles. The van der Waals surface area contributed by atoms with Gasteiger partial charge in [0.25, 0.3) is 5.69 Å². The molecule has 0 heterocycles. The molecule has 25 heavy (non-hydrogen) atoms. The summed E-state index contributed by atoms with van der Waals surface area (Å²) in [6.45, 7) is 7.74. The largest absolute Gasteiger partial charge is 0.288 e. The summed E-state index contributed by atoms with van der Waals surface area (Å²) in [6, 6.07) is 9.31. The van der Waals surface area contributed by atoms with Crippen molar-refractivity contribution in [2.45, 2.75) is 27.7 Å². The molecule has 0 spiro atoms. The van der Waals surface area contributed by atoms with Gasteiger partial charge in [-0.05, 0) is 101 Å². The molecular weight excluding hydrogens is 544 g/mol. The van der Waals surface area contributed by atoms with Crippen molar-refractivity contribution in [1.82, 2.24) is 0 Å². The number of benzene rings is 2. The maximum absolute atomic E-state index is 10.6. The predicted octanol–water partition coefficient (Wildman–Crippen LogP) is 5.47. The van der Waals surface area contributed by atoms with E-state index in [9.17, 15) is 10.1 Å². The molecule has 0 bridgehead atoms. The highest BCUT2D eigenvalue weighted by molar-refractivity contribution is 14.1. The summed E-state index contributed by atoms with van der Waals surface area (Å²) in [4.78, 5) is 10.1. The smallest absolute Gasteiger partial charge is 0.258 e. The zero-order valence-electron chi connectivity index (χ0n) is 14.1. The van der Waals surface area contributed by atoms with Crippen molar-refractivity contribution in [1.29, 1.82) is 10.5 Å². The second kappa shape index (κ2) is 9.11. The first-order valence-corrected chi connectivity index (χ1v) is 9.31. The fourth-order valence-electron chi connectivity index (χ4n) is 1.98. The van der Waals surface area contributed by atoms with Crippen LogP contribution in [0.5, 0.6) is 0 Å². The van der Waals surface area contributed by atoms with E-state index in [4.69, 9.17) is 10.5 Å². The van der Waals surface area contributed by atoms with E-state index in [-0.39, 0.29) is 11.3 Å². The van der Waals surface area contributed by atoms with E-state index in [0.717, 1.165) is 20.3 Å². The molecular formula is C18H15I2N3O2. The zero-order valence-corrected chi connectivity index (χ0v) is 18.5. The van der Waals surface area contributed by atoms with Gasteiger partial charge in [0.05, 0.1) is 10.5 Å².